The van der Waals surface area contributed by atoms with Crippen molar-refractivity contribution in [1.82, 2.24) is 0 Å². The summed E-state index contributed by atoms with van der Waals surface area (Å²) in [7, 11) is -3.30. The zero-order valence-electron chi connectivity index (χ0n) is 9.72. The van der Waals surface area contributed by atoms with Crippen LogP contribution >= 0.6 is 11.8 Å². The van der Waals surface area contributed by atoms with Crippen molar-refractivity contribution in [3.63, 3.8) is 0 Å². The van der Waals surface area contributed by atoms with E-state index < -0.39 is 10.0 Å². The Balaban J connectivity index is 2.62. The number of benzene rings is 1. The maximum absolute atomic E-state index is 11.7. The number of nitrogens with one attached hydrogen (secondary N) is 1. The van der Waals surface area contributed by atoms with Crippen molar-refractivity contribution in [2.75, 3.05) is 23.3 Å². The van der Waals surface area contributed by atoms with Crippen LogP contribution in [0.1, 0.15) is 12.8 Å². The van der Waals surface area contributed by atoms with Gasteiger partial charge in [0.1, 0.15) is 0 Å². The van der Waals surface area contributed by atoms with Crippen molar-refractivity contribution < 1.29 is 13.5 Å². The molecule has 0 saturated heterocycles. The number of unbranched alkanes of at least 4 members (excludes halogenated alkanes) is 1. The quantitative estimate of drug-likeness (QED) is 0.589. The average Bonchev–Trinajstić information content (AvgIpc) is 2.29. The van der Waals surface area contributed by atoms with Crippen molar-refractivity contribution in [3.05, 3.63) is 24.3 Å². The molecule has 0 atom stereocenters. The van der Waals surface area contributed by atoms with Crippen LogP contribution in [0, 0.1) is 0 Å². The van der Waals surface area contributed by atoms with Crippen molar-refractivity contribution in [2.24, 2.45) is 0 Å². The lowest BCUT2D eigenvalue weighted by atomic mass is 10.3. The fraction of sp³-hybridized carbons (Fsp3) is 0.455. The Morgan fingerprint density at radius 3 is 2.76 bits per heavy atom. The van der Waals surface area contributed by atoms with E-state index in [1.165, 1.54) is 0 Å². The molecule has 4 nitrogen and oxygen atoms in total. The van der Waals surface area contributed by atoms with Crippen LogP contribution in [0.5, 0.6) is 0 Å². The normalized spacial score (nSPS) is 11.4. The van der Waals surface area contributed by atoms with E-state index in [1.807, 2.05) is 18.4 Å². The smallest absolute Gasteiger partial charge is 0.232 e. The Labute approximate surface area is 106 Å². The van der Waals surface area contributed by atoms with Crippen molar-refractivity contribution in [1.29, 1.82) is 0 Å². The summed E-state index contributed by atoms with van der Waals surface area (Å²) in [5.41, 5.74) is 0.584. The SMILES string of the molecule is CSc1cccc(NS(=O)(=O)CCCCO)c1. The minimum atomic E-state index is -3.30. The van der Waals surface area contributed by atoms with Gasteiger partial charge >= 0.3 is 0 Å². The summed E-state index contributed by atoms with van der Waals surface area (Å²) in [5.74, 6) is 0.0387. The molecular weight excluding hydrogens is 258 g/mol. The van der Waals surface area contributed by atoms with Gasteiger partial charge in [0.2, 0.25) is 10.0 Å². The second kappa shape index (κ2) is 6.88. The molecule has 0 aliphatic carbocycles. The number of hydrogen-bond acceptors (Lipinski definition) is 4. The van der Waals surface area contributed by atoms with Gasteiger partial charge in [-0.2, -0.15) is 0 Å². The van der Waals surface area contributed by atoms with Gasteiger partial charge in [-0.1, -0.05) is 6.07 Å². The van der Waals surface area contributed by atoms with E-state index in [4.69, 9.17) is 5.11 Å². The van der Waals surface area contributed by atoms with Gasteiger partial charge in [0, 0.05) is 17.2 Å². The third-order valence-electron chi connectivity index (χ3n) is 2.16. The molecule has 96 valence electrons. The Bertz CT molecular complexity index is 446. The van der Waals surface area contributed by atoms with Gasteiger partial charge < -0.3 is 5.11 Å². The molecule has 0 spiro atoms. The first-order valence-electron chi connectivity index (χ1n) is 5.33. The summed E-state index contributed by atoms with van der Waals surface area (Å²) in [5, 5.41) is 8.60. The lowest BCUT2D eigenvalue weighted by Crippen LogP contribution is -2.16. The lowest BCUT2D eigenvalue weighted by Gasteiger charge is -2.08. The van der Waals surface area contributed by atoms with Crippen molar-refractivity contribution in [2.45, 2.75) is 17.7 Å². The number of sulfonamides is 1. The largest absolute Gasteiger partial charge is 0.396 e. The third-order valence-corrected chi connectivity index (χ3v) is 4.26. The molecule has 1 aromatic carbocycles. The number of rotatable bonds is 7. The molecular formula is C11H17NO3S2. The topological polar surface area (TPSA) is 66.4 Å². The maximum Gasteiger partial charge on any atom is 0.232 e. The van der Waals surface area contributed by atoms with E-state index in [0.29, 0.717) is 18.5 Å². The minimum absolute atomic E-state index is 0.0253. The highest BCUT2D eigenvalue weighted by Crippen LogP contribution is 2.19. The van der Waals surface area contributed by atoms with Crippen LogP contribution in [-0.4, -0.2) is 32.1 Å². The van der Waals surface area contributed by atoms with E-state index in [1.54, 1.807) is 23.9 Å². The molecule has 0 bridgehead atoms. The summed E-state index contributed by atoms with van der Waals surface area (Å²) in [6.45, 7) is 0.0253. The van der Waals surface area contributed by atoms with E-state index in [0.717, 1.165) is 4.90 Å². The monoisotopic (exact) mass is 275 g/mol. The van der Waals surface area contributed by atoms with E-state index >= 15 is 0 Å². The van der Waals surface area contributed by atoms with Gasteiger partial charge in [0.05, 0.1) is 5.75 Å². The van der Waals surface area contributed by atoms with E-state index in [-0.39, 0.29) is 12.4 Å². The van der Waals surface area contributed by atoms with Crippen LogP contribution in [0.15, 0.2) is 29.2 Å². The molecule has 2 N–H and O–H groups in total. The summed E-state index contributed by atoms with van der Waals surface area (Å²) in [6.07, 6.45) is 2.91. The zero-order valence-corrected chi connectivity index (χ0v) is 11.4. The summed E-state index contributed by atoms with van der Waals surface area (Å²) in [6, 6.07) is 7.27. The molecule has 0 aliphatic heterocycles. The van der Waals surface area contributed by atoms with Crippen molar-refractivity contribution in [3.8, 4) is 0 Å². The van der Waals surface area contributed by atoms with Crippen LogP contribution in [-0.2, 0) is 10.0 Å². The second-order valence-corrected chi connectivity index (χ2v) is 6.31. The van der Waals surface area contributed by atoms with Crippen molar-refractivity contribution >= 4 is 27.5 Å². The highest BCUT2D eigenvalue weighted by atomic mass is 32.2. The predicted octanol–water partition coefficient (Wildman–Crippen LogP) is 1.92. The molecule has 0 aromatic heterocycles. The molecule has 17 heavy (non-hydrogen) atoms. The van der Waals surface area contributed by atoms with Crippen LogP contribution < -0.4 is 4.72 Å². The molecule has 1 aromatic rings. The number of thioether (sulfide) groups is 1. The molecule has 0 aliphatic rings. The van der Waals surface area contributed by atoms with Gasteiger partial charge in [-0.15, -0.1) is 11.8 Å². The fourth-order valence-corrected chi connectivity index (χ4v) is 2.95. The Hall–Kier alpha value is -0.720. The predicted molar refractivity (Wildman–Crippen MR) is 72.0 cm³/mol. The average molecular weight is 275 g/mol. The van der Waals surface area contributed by atoms with E-state index in [9.17, 15) is 8.42 Å². The molecule has 0 saturated carbocycles. The maximum atomic E-state index is 11.7. The summed E-state index contributed by atoms with van der Waals surface area (Å²) in [4.78, 5) is 1.01. The first kappa shape index (κ1) is 14.3. The molecule has 1 rings (SSSR count). The van der Waals surface area contributed by atoms with Crippen LogP contribution in [0.4, 0.5) is 5.69 Å². The van der Waals surface area contributed by atoms with Gasteiger partial charge in [0.15, 0.2) is 0 Å². The number of anilines is 1. The molecule has 0 amide bonds. The molecule has 0 fully saturated rings. The van der Waals surface area contributed by atoms with Crippen LogP contribution in [0.25, 0.3) is 0 Å². The van der Waals surface area contributed by atoms with Gasteiger partial charge in [0.25, 0.3) is 0 Å². The standard InChI is InChI=1S/C11H17NO3S2/c1-16-11-6-4-5-10(9-11)12-17(14,15)8-3-2-7-13/h4-6,9,12-13H,2-3,7-8H2,1H3. The number of hydrogen-bond donors (Lipinski definition) is 2. The second-order valence-electron chi connectivity index (χ2n) is 3.58. The third kappa shape index (κ3) is 5.43. The zero-order chi connectivity index (χ0) is 12.7. The van der Waals surface area contributed by atoms with Crippen LogP contribution in [0.3, 0.4) is 0 Å². The Morgan fingerprint density at radius 1 is 1.35 bits per heavy atom. The molecule has 0 unspecified atom stereocenters. The number of aliphatic hydroxyl groups excluding tert-OH is 1. The van der Waals surface area contributed by atoms with Gasteiger partial charge in [-0.3, -0.25) is 4.72 Å². The van der Waals surface area contributed by atoms with Crippen LogP contribution in [0.2, 0.25) is 0 Å². The fourth-order valence-electron chi connectivity index (χ4n) is 1.32. The summed E-state index contributed by atoms with van der Waals surface area (Å²) >= 11 is 1.56. The molecule has 0 radical (unpaired) electrons. The lowest BCUT2D eigenvalue weighted by molar-refractivity contribution is 0.287. The van der Waals surface area contributed by atoms with Gasteiger partial charge in [-0.05, 0) is 37.3 Å². The Kier molecular flexibility index (Phi) is 5.80. The highest BCUT2D eigenvalue weighted by molar-refractivity contribution is 7.98. The van der Waals surface area contributed by atoms with Gasteiger partial charge in [-0.25, -0.2) is 8.42 Å². The summed E-state index contributed by atoms with van der Waals surface area (Å²) < 4.78 is 25.9. The first-order valence-corrected chi connectivity index (χ1v) is 8.20. The number of aliphatic hydroxyl groups is 1. The minimum Gasteiger partial charge on any atom is -0.396 e. The Morgan fingerprint density at radius 2 is 2.12 bits per heavy atom. The highest BCUT2D eigenvalue weighted by Gasteiger charge is 2.09. The molecule has 0 heterocycles. The molecule has 6 heteroatoms. The van der Waals surface area contributed by atoms with E-state index in [2.05, 4.69) is 4.72 Å². The first-order chi connectivity index (χ1) is 8.07.